The first-order chi connectivity index (χ1) is 12.7. The summed E-state index contributed by atoms with van der Waals surface area (Å²) in [5.74, 6) is 0.717. The van der Waals surface area contributed by atoms with Crippen molar-refractivity contribution in [2.45, 2.75) is 37.2 Å². The molecule has 7 nitrogen and oxygen atoms in total. The van der Waals surface area contributed by atoms with E-state index in [-0.39, 0.29) is 11.2 Å². The van der Waals surface area contributed by atoms with E-state index in [0.29, 0.717) is 26.3 Å². The van der Waals surface area contributed by atoms with Gasteiger partial charge in [0.1, 0.15) is 0 Å². The van der Waals surface area contributed by atoms with Gasteiger partial charge in [0, 0.05) is 44.3 Å². The SMILES string of the molecule is C=CCNC(=O)[C@@H](C)Sc1nnc(-c2ccncc2)n1CCCOCC. The maximum Gasteiger partial charge on any atom is 0.233 e. The number of rotatable bonds is 11. The smallest absolute Gasteiger partial charge is 0.233 e. The molecule has 0 aromatic carbocycles. The van der Waals surface area contributed by atoms with Crippen molar-refractivity contribution in [3.05, 3.63) is 37.2 Å². The normalized spacial score (nSPS) is 11.9. The van der Waals surface area contributed by atoms with Gasteiger partial charge in [-0.15, -0.1) is 16.8 Å². The van der Waals surface area contributed by atoms with Crippen molar-refractivity contribution in [3.63, 3.8) is 0 Å². The number of hydrogen-bond donors (Lipinski definition) is 1. The lowest BCUT2D eigenvalue weighted by Crippen LogP contribution is -2.31. The van der Waals surface area contributed by atoms with E-state index < -0.39 is 0 Å². The zero-order valence-corrected chi connectivity index (χ0v) is 16.0. The summed E-state index contributed by atoms with van der Waals surface area (Å²) in [6.07, 6.45) is 5.96. The molecule has 2 aromatic heterocycles. The van der Waals surface area contributed by atoms with Crippen molar-refractivity contribution in [2.24, 2.45) is 0 Å². The van der Waals surface area contributed by atoms with Gasteiger partial charge in [-0.1, -0.05) is 17.8 Å². The van der Waals surface area contributed by atoms with Gasteiger partial charge >= 0.3 is 0 Å². The van der Waals surface area contributed by atoms with Crippen LogP contribution in [0.25, 0.3) is 11.4 Å². The molecule has 0 spiro atoms. The second-order valence-electron chi connectivity index (χ2n) is 5.54. The van der Waals surface area contributed by atoms with Crippen LogP contribution >= 0.6 is 11.8 Å². The molecular weight excluding hydrogens is 350 g/mol. The molecule has 0 aliphatic carbocycles. The molecule has 0 unspecified atom stereocenters. The summed E-state index contributed by atoms with van der Waals surface area (Å²) in [7, 11) is 0. The molecule has 2 aromatic rings. The van der Waals surface area contributed by atoms with E-state index in [0.717, 1.165) is 23.0 Å². The lowest BCUT2D eigenvalue weighted by atomic mass is 10.2. The van der Waals surface area contributed by atoms with Crippen LogP contribution in [0.3, 0.4) is 0 Å². The highest BCUT2D eigenvalue weighted by molar-refractivity contribution is 8.00. The van der Waals surface area contributed by atoms with Crippen LogP contribution in [-0.4, -0.2) is 50.7 Å². The van der Waals surface area contributed by atoms with Gasteiger partial charge in [-0.25, -0.2) is 0 Å². The zero-order chi connectivity index (χ0) is 18.8. The van der Waals surface area contributed by atoms with E-state index in [4.69, 9.17) is 4.74 Å². The number of nitrogens with zero attached hydrogens (tertiary/aromatic N) is 4. The summed E-state index contributed by atoms with van der Waals surface area (Å²) in [5.41, 5.74) is 0.944. The molecule has 26 heavy (non-hydrogen) atoms. The third-order valence-electron chi connectivity index (χ3n) is 3.60. The number of carbonyl (C=O) groups is 1. The van der Waals surface area contributed by atoms with Crippen molar-refractivity contribution < 1.29 is 9.53 Å². The minimum absolute atomic E-state index is 0.0516. The largest absolute Gasteiger partial charge is 0.382 e. The third kappa shape index (κ3) is 5.67. The van der Waals surface area contributed by atoms with Gasteiger partial charge in [-0.05, 0) is 32.4 Å². The Labute approximate surface area is 158 Å². The quantitative estimate of drug-likeness (QED) is 0.369. The van der Waals surface area contributed by atoms with Crippen molar-refractivity contribution >= 4 is 17.7 Å². The zero-order valence-electron chi connectivity index (χ0n) is 15.2. The molecule has 0 aliphatic rings. The maximum atomic E-state index is 12.1. The van der Waals surface area contributed by atoms with Gasteiger partial charge in [0.05, 0.1) is 5.25 Å². The number of thioether (sulfide) groups is 1. The fourth-order valence-corrected chi connectivity index (χ4v) is 3.19. The minimum Gasteiger partial charge on any atom is -0.382 e. The van der Waals surface area contributed by atoms with Crippen LogP contribution in [0.1, 0.15) is 20.3 Å². The van der Waals surface area contributed by atoms with Gasteiger partial charge in [0.2, 0.25) is 5.91 Å². The number of carbonyl (C=O) groups excluding carboxylic acids is 1. The Kier molecular flexibility index (Phi) is 8.30. The molecule has 0 fully saturated rings. The minimum atomic E-state index is -0.282. The van der Waals surface area contributed by atoms with Gasteiger partial charge in [0.15, 0.2) is 11.0 Å². The van der Waals surface area contributed by atoms with Crippen LogP contribution in [0.4, 0.5) is 0 Å². The highest BCUT2D eigenvalue weighted by Gasteiger charge is 2.20. The van der Waals surface area contributed by atoms with Crippen LogP contribution in [0, 0.1) is 0 Å². The number of hydrogen-bond acceptors (Lipinski definition) is 6. The van der Waals surface area contributed by atoms with Crippen molar-refractivity contribution in [2.75, 3.05) is 19.8 Å². The molecule has 0 saturated heterocycles. The van der Waals surface area contributed by atoms with Crippen molar-refractivity contribution in [1.82, 2.24) is 25.1 Å². The number of ether oxygens (including phenoxy) is 1. The fraction of sp³-hybridized carbons (Fsp3) is 0.444. The Morgan fingerprint density at radius 3 is 2.88 bits per heavy atom. The predicted molar refractivity (Wildman–Crippen MR) is 103 cm³/mol. The van der Waals surface area contributed by atoms with E-state index in [1.807, 2.05) is 30.5 Å². The van der Waals surface area contributed by atoms with Gasteiger partial charge in [-0.2, -0.15) is 0 Å². The summed E-state index contributed by atoms with van der Waals surface area (Å²) < 4.78 is 7.47. The lowest BCUT2D eigenvalue weighted by Gasteiger charge is -2.13. The Bertz CT molecular complexity index is 705. The van der Waals surface area contributed by atoms with Crippen LogP contribution in [0.2, 0.25) is 0 Å². The van der Waals surface area contributed by atoms with Gasteiger partial charge < -0.3 is 14.6 Å². The molecular formula is C18H25N5O2S. The molecule has 0 bridgehead atoms. The van der Waals surface area contributed by atoms with Gasteiger partial charge in [-0.3, -0.25) is 9.78 Å². The Morgan fingerprint density at radius 2 is 2.19 bits per heavy atom. The molecule has 1 atom stereocenters. The summed E-state index contributed by atoms with van der Waals surface area (Å²) in [4.78, 5) is 16.2. The van der Waals surface area contributed by atoms with Crippen molar-refractivity contribution in [3.8, 4) is 11.4 Å². The molecule has 1 amide bonds. The van der Waals surface area contributed by atoms with E-state index in [9.17, 15) is 4.79 Å². The summed E-state index contributed by atoms with van der Waals surface area (Å²) >= 11 is 1.39. The van der Waals surface area contributed by atoms with Crippen LogP contribution in [0.15, 0.2) is 42.3 Å². The van der Waals surface area contributed by atoms with E-state index in [1.54, 1.807) is 18.5 Å². The summed E-state index contributed by atoms with van der Waals surface area (Å²) in [5, 5.41) is 11.9. The monoisotopic (exact) mass is 375 g/mol. The third-order valence-corrected chi connectivity index (χ3v) is 4.68. The topological polar surface area (TPSA) is 81.9 Å². The maximum absolute atomic E-state index is 12.1. The van der Waals surface area contributed by atoms with E-state index >= 15 is 0 Å². The Hall–Kier alpha value is -2.19. The first-order valence-electron chi connectivity index (χ1n) is 8.64. The molecule has 0 aliphatic heterocycles. The summed E-state index contributed by atoms with van der Waals surface area (Å²) in [6, 6.07) is 3.80. The Morgan fingerprint density at radius 1 is 1.42 bits per heavy atom. The van der Waals surface area contributed by atoms with Crippen LogP contribution < -0.4 is 5.32 Å². The molecule has 8 heteroatoms. The lowest BCUT2D eigenvalue weighted by molar-refractivity contribution is -0.120. The number of amides is 1. The van der Waals surface area contributed by atoms with E-state index in [1.165, 1.54) is 11.8 Å². The number of aromatic nitrogens is 4. The number of nitrogens with one attached hydrogen (secondary N) is 1. The first kappa shape index (κ1) is 20.1. The van der Waals surface area contributed by atoms with Crippen LogP contribution in [0.5, 0.6) is 0 Å². The highest BCUT2D eigenvalue weighted by Crippen LogP contribution is 2.27. The van der Waals surface area contributed by atoms with Gasteiger partial charge in [0.25, 0.3) is 0 Å². The first-order valence-corrected chi connectivity index (χ1v) is 9.52. The molecule has 0 saturated carbocycles. The second-order valence-corrected chi connectivity index (χ2v) is 6.85. The highest BCUT2D eigenvalue weighted by atomic mass is 32.2. The predicted octanol–water partition coefficient (Wildman–Crippen LogP) is 2.55. The molecule has 1 N–H and O–H groups in total. The average Bonchev–Trinajstić information content (AvgIpc) is 3.06. The number of pyridine rings is 1. The van der Waals surface area contributed by atoms with E-state index in [2.05, 4.69) is 27.1 Å². The van der Waals surface area contributed by atoms with Crippen molar-refractivity contribution in [1.29, 1.82) is 0 Å². The average molecular weight is 375 g/mol. The molecule has 2 rings (SSSR count). The molecule has 2 heterocycles. The second kappa shape index (κ2) is 10.7. The summed E-state index contributed by atoms with van der Waals surface area (Å²) in [6.45, 7) is 9.98. The standard InChI is InChI=1S/C18H25N5O2S/c1-4-9-20-17(24)14(3)26-18-22-21-16(15-7-10-19-11-8-15)23(18)12-6-13-25-5-2/h4,7-8,10-11,14H,1,5-6,9,12-13H2,2-3H3,(H,20,24)/t14-/m1/s1. The van der Waals surface area contributed by atoms with Crippen LogP contribution in [-0.2, 0) is 16.1 Å². The Balaban J connectivity index is 2.17. The molecule has 140 valence electrons. The molecule has 0 radical (unpaired) electrons. The fourth-order valence-electron chi connectivity index (χ4n) is 2.29.